The number of nitrogens with one attached hydrogen (secondary N) is 3. The summed E-state index contributed by atoms with van der Waals surface area (Å²) in [4.78, 5) is 36.8. The first-order valence-electron chi connectivity index (χ1n) is 14.7. The monoisotopic (exact) mass is 646 g/mol. The fraction of sp³-hybridized carbons (Fsp3) is 0.188. The van der Waals surface area contributed by atoms with Gasteiger partial charge >= 0.3 is 6.15 Å². The Bertz CT molecular complexity index is 2000. The van der Waals surface area contributed by atoms with Crippen LogP contribution in [-0.2, 0) is 9.59 Å². The average Bonchev–Trinajstić information content (AvgIpc) is 3.53. The second kappa shape index (κ2) is 15.8. The van der Waals surface area contributed by atoms with Crippen molar-refractivity contribution in [2.24, 2.45) is 0 Å². The molecule has 1 aliphatic carbocycles. The Kier molecular flexibility index (Phi) is 10.8. The van der Waals surface area contributed by atoms with E-state index in [1.807, 2.05) is 38.1 Å². The molecule has 0 spiro atoms. The molecule has 0 bridgehead atoms. The van der Waals surface area contributed by atoms with Gasteiger partial charge in [0.25, 0.3) is 5.91 Å². The highest BCUT2D eigenvalue weighted by atomic mass is 19.1. The van der Waals surface area contributed by atoms with Crippen molar-refractivity contribution in [2.45, 2.75) is 32.7 Å². The number of halogens is 3. The second-order valence-corrected chi connectivity index (χ2v) is 10.2. The topological polar surface area (TPSA) is 148 Å². The quantitative estimate of drug-likeness (QED) is 0.206. The number of anilines is 4. The fourth-order valence-corrected chi connectivity index (χ4v) is 4.38. The summed E-state index contributed by atoms with van der Waals surface area (Å²) in [6.45, 7) is 3.67. The molecule has 1 aliphatic rings. The Labute approximate surface area is 268 Å². The highest BCUT2D eigenvalue weighted by molar-refractivity contribution is 5.93. The van der Waals surface area contributed by atoms with Crippen LogP contribution in [0.5, 0.6) is 0 Å². The fourth-order valence-electron chi connectivity index (χ4n) is 4.38. The molecule has 0 radical (unpaired) electrons. The van der Waals surface area contributed by atoms with E-state index in [1.54, 1.807) is 29.0 Å². The number of hydrogen-bond acceptors (Lipinski definition) is 9. The number of aromatic nitrogens is 6. The number of alkyl halides is 1. The van der Waals surface area contributed by atoms with Gasteiger partial charge in [-0.25, -0.2) is 27.8 Å². The van der Waals surface area contributed by atoms with Crippen LogP contribution in [0.15, 0.2) is 79.3 Å². The molecule has 15 heteroatoms. The van der Waals surface area contributed by atoms with Crippen LogP contribution < -0.4 is 16.0 Å². The van der Waals surface area contributed by atoms with E-state index in [9.17, 15) is 18.0 Å². The maximum atomic E-state index is 13.5. The normalized spacial score (nSPS) is 11.8. The Morgan fingerprint density at radius 1 is 0.872 bits per heavy atom. The van der Waals surface area contributed by atoms with Gasteiger partial charge in [-0.1, -0.05) is 0 Å². The molecule has 0 atom stereocenters. The molecule has 4 heterocycles. The van der Waals surface area contributed by atoms with E-state index in [4.69, 9.17) is 11.0 Å². The molecule has 1 amide bonds. The van der Waals surface area contributed by atoms with Gasteiger partial charge in [-0.3, -0.25) is 9.18 Å². The van der Waals surface area contributed by atoms with Gasteiger partial charge in [-0.05, 0) is 98.5 Å². The largest absolute Gasteiger partial charge is 0.373 e. The summed E-state index contributed by atoms with van der Waals surface area (Å²) in [7, 11) is -1.00. The molecule has 4 aromatic heterocycles. The minimum atomic E-state index is -1.00. The molecule has 242 valence electrons. The molecule has 7 rings (SSSR count). The molecule has 1 saturated carbocycles. The lowest BCUT2D eigenvalue weighted by atomic mass is 10.2. The Morgan fingerprint density at radius 2 is 1.43 bits per heavy atom. The van der Waals surface area contributed by atoms with Crippen LogP contribution in [0.25, 0.3) is 11.3 Å². The van der Waals surface area contributed by atoms with Crippen molar-refractivity contribution in [3.63, 3.8) is 0 Å². The maximum absolute atomic E-state index is 13.5. The van der Waals surface area contributed by atoms with E-state index in [0.29, 0.717) is 34.4 Å². The molecule has 1 fully saturated rings. The number of nitrogens with zero attached hydrogens (tertiary/aromatic N) is 6. The van der Waals surface area contributed by atoms with Gasteiger partial charge < -0.3 is 16.0 Å². The number of carbonyl (C=O) groups excluding carboxylic acids is 3. The van der Waals surface area contributed by atoms with Gasteiger partial charge in [0.2, 0.25) is 0 Å². The molecule has 0 saturated heterocycles. The van der Waals surface area contributed by atoms with Gasteiger partial charge in [0.05, 0.1) is 14.7 Å². The number of imidazole rings is 2. The smallest absolute Gasteiger partial charge is 0.348 e. The molecule has 6 aromatic rings. The first kappa shape index (κ1) is 32.3. The summed E-state index contributed by atoms with van der Waals surface area (Å²) in [5.41, 5.74) is 4.69. The first-order chi connectivity index (χ1) is 23.1. The number of aryl methyl sites for hydroxylation is 2. The molecule has 47 heavy (non-hydrogen) atoms. The third kappa shape index (κ3) is 9.45. The number of benzene rings is 2. The number of carbonyl (C=O) groups is 1. The zero-order chi connectivity index (χ0) is 34.6. The zero-order valence-corrected chi connectivity index (χ0v) is 25.2. The van der Waals surface area contributed by atoms with Crippen molar-refractivity contribution in [3.05, 3.63) is 108 Å². The van der Waals surface area contributed by atoms with Crippen LogP contribution >= 0.6 is 0 Å². The van der Waals surface area contributed by atoms with Crippen molar-refractivity contribution >= 4 is 46.4 Å². The van der Waals surface area contributed by atoms with E-state index in [2.05, 4.69) is 36.1 Å². The highest BCUT2D eigenvalue weighted by Gasteiger charge is 2.25. The molecule has 2 aromatic carbocycles. The van der Waals surface area contributed by atoms with E-state index in [-0.39, 0.29) is 29.7 Å². The van der Waals surface area contributed by atoms with Gasteiger partial charge in [-0.15, -0.1) is 10.2 Å². The molecule has 12 nitrogen and oxygen atoms in total. The number of amides is 1. The summed E-state index contributed by atoms with van der Waals surface area (Å²) in [6, 6.07) is 16.9. The van der Waals surface area contributed by atoms with Crippen LogP contribution in [0.4, 0.5) is 36.2 Å². The molecule has 0 aliphatic heterocycles. The Balaban J connectivity index is 0.000000192. The van der Waals surface area contributed by atoms with Crippen LogP contribution in [0.1, 0.15) is 35.8 Å². The molecular formula is C32H30F3N9O3. The zero-order valence-electron chi connectivity index (χ0n) is 26.2. The number of hydrogen-bond donors (Lipinski definition) is 3. The standard InChI is InChI=1S/C17H16FN5O.C13H11FN4.CH3F.CO2/c1-10-6-11(18)8-13(7-10)20-15-4-5-16-19-9-14(23(16)22-15)17(24)21-12-2-3-12;1-9-6-10(14)8-11(7-9)16-12-2-3-13-15-4-5-18(13)17-12;1-2;2-1-3/h4-9,12H,2-3H2,1H3,(H,20,22)(H,21,24);2-8H,1H3,(H,16,17);1H3;/i;;1D;. The second-order valence-electron chi connectivity index (χ2n) is 10.2. The van der Waals surface area contributed by atoms with Crippen LogP contribution in [-0.4, -0.2) is 54.5 Å². The van der Waals surface area contributed by atoms with Crippen molar-refractivity contribution < 1.29 is 28.9 Å². The van der Waals surface area contributed by atoms with E-state index in [1.165, 1.54) is 35.0 Å². The molecular weight excluding hydrogens is 615 g/mol. The lowest BCUT2D eigenvalue weighted by Crippen LogP contribution is -2.27. The van der Waals surface area contributed by atoms with E-state index < -0.39 is 7.15 Å². The Morgan fingerprint density at radius 3 is 1.98 bits per heavy atom. The third-order valence-electron chi connectivity index (χ3n) is 6.39. The number of fused-ring (bicyclic) bond motifs is 2. The van der Waals surface area contributed by atoms with Crippen molar-refractivity contribution in [3.8, 4) is 0 Å². The van der Waals surface area contributed by atoms with E-state index in [0.717, 1.165) is 29.6 Å². The first-order valence-corrected chi connectivity index (χ1v) is 14.0. The summed E-state index contributed by atoms with van der Waals surface area (Å²) in [5, 5.41) is 17.8. The van der Waals surface area contributed by atoms with Gasteiger partial charge in [0, 0.05) is 29.8 Å². The predicted molar refractivity (Wildman–Crippen MR) is 167 cm³/mol. The van der Waals surface area contributed by atoms with Crippen LogP contribution in [0, 0.1) is 25.5 Å². The number of rotatable bonds is 6. The predicted octanol–water partition coefficient (Wildman–Crippen LogP) is 5.74. The van der Waals surface area contributed by atoms with E-state index >= 15 is 0 Å². The third-order valence-corrected chi connectivity index (χ3v) is 6.39. The summed E-state index contributed by atoms with van der Waals surface area (Å²) < 4.78 is 45.4. The summed E-state index contributed by atoms with van der Waals surface area (Å²) >= 11 is 0. The maximum Gasteiger partial charge on any atom is 0.373 e. The molecule has 0 unspecified atom stereocenters. The lowest BCUT2D eigenvalue weighted by molar-refractivity contribution is -0.191. The minimum Gasteiger partial charge on any atom is -0.348 e. The van der Waals surface area contributed by atoms with Crippen LogP contribution in [0.3, 0.4) is 0 Å². The van der Waals surface area contributed by atoms with Crippen molar-refractivity contribution in [2.75, 3.05) is 17.8 Å². The Hall–Kier alpha value is -6.08. The van der Waals surface area contributed by atoms with Crippen molar-refractivity contribution in [1.29, 1.82) is 0 Å². The average molecular weight is 647 g/mol. The van der Waals surface area contributed by atoms with Gasteiger partial charge in [0.1, 0.15) is 11.6 Å². The highest BCUT2D eigenvalue weighted by Crippen LogP contribution is 2.21. The summed E-state index contributed by atoms with van der Waals surface area (Å²) in [5.74, 6) is 0.389. The molecule has 3 N–H and O–H groups in total. The minimum absolute atomic E-state index is 0.184. The van der Waals surface area contributed by atoms with Gasteiger partial charge in [-0.2, -0.15) is 9.59 Å². The van der Waals surface area contributed by atoms with Crippen LogP contribution in [0.2, 0.25) is 0 Å². The summed E-state index contributed by atoms with van der Waals surface area (Å²) in [6.07, 6.45) is 7.23. The van der Waals surface area contributed by atoms with Gasteiger partial charge in [0.15, 0.2) is 28.6 Å². The SMILES string of the molecule is Cc1cc(F)cc(Nc2ccc3ncc(C(=O)NC4CC4)n3n2)c1.Cc1cc(F)cc(Nc2ccc3nccn3n2)c1.O=C=O.[2H]CF. The van der Waals surface area contributed by atoms with Crippen molar-refractivity contribution in [1.82, 2.24) is 34.5 Å². The lowest BCUT2D eigenvalue weighted by Gasteiger charge is -2.08.